The van der Waals surface area contributed by atoms with E-state index in [2.05, 4.69) is 0 Å². The van der Waals surface area contributed by atoms with Gasteiger partial charge in [-0.1, -0.05) is 23.7 Å². The number of phenolic OH excluding ortho intramolecular Hbond substituents is 1. The topological polar surface area (TPSA) is 97.7 Å². The second-order valence-corrected chi connectivity index (χ2v) is 8.34. The Morgan fingerprint density at radius 1 is 1.00 bits per heavy atom. The van der Waals surface area contributed by atoms with Gasteiger partial charge in [-0.3, -0.25) is 0 Å². The summed E-state index contributed by atoms with van der Waals surface area (Å²) < 4.78 is 52.8. The lowest BCUT2D eigenvalue weighted by Gasteiger charge is -2.10. The molecule has 0 spiro atoms. The third-order valence-corrected chi connectivity index (χ3v) is 5.39. The van der Waals surface area contributed by atoms with Gasteiger partial charge >= 0.3 is 10.1 Å². The van der Waals surface area contributed by atoms with Gasteiger partial charge in [0.15, 0.2) is 9.84 Å². The standard InChI is InChI=1S/C13H11ClO6S2/c1-21(16,17)12-4-2-3-5-13(12)22(18,19)20-11-7-9(14)6-10(15)8-11/h2-8,15H,1H3. The van der Waals surface area contributed by atoms with Crippen molar-refractivity contribution in [2.75, 3.05) is 6.26 Å². The fourth-order valence-electron chi connectivity index (χ4n) is 1.73. The number of rotatable bonds is 4. The van der Waals surface area contributed by atoms with Crippen molar-refractivity contribution in [3.8, 4) is 11.5 Å². The minimum absolute atomic E-state index is 0.0709. The summed E-state index contributed by atoms with van der Waals surface area (Å²) in [5, 5.41) is 9.46. The molecule has 2 aromatic rings. The fraction of sp³-hybridized carbons (Fsp3) is 0.0769. The maximum Gasteiger partial charge on any atom is 0.340 e. The monoisotopic (exact) mass is 362 g/mol. The maximum absolute atomic E-state index is 12.3. The van der Waals surface area contributed by atoms with E-state index in [0.29, 0.717) is 0 Å². The summed E-state index contributed by atoms with van der Waals surface area (Å²) in [5.74, 6) is -0.512. The highest BCUT2D eigenvalue weighted by Gasteiger charge is 2.25. The molecule has 2 rings (SSSR count). The predicted molar refractivity (Wildman–Crippen MR) is 80.5 cm³/mol. The van der Waals surface area contributed by atoms with Crippen molar-refractivity contribution in [3.05, 3.63) is 47.5 Å². The Hall–Kier alpha value is -1.77. The molecular formula is C13H11ClO6S2. The van der Waals surface area contributed by atoms with E-state index in [1.165, 1.54) is 30.3 Å². The Bertz CT molecular complexity index is 899. The first kappa shape index (κ1) is 16.6. The fourth-order valence-corrected chi connectivity index (χ4v) is 4.47. The molecule has 0 atom stereocenters. The second kappa shape index (κ2) is 5.79. The van der Waals surface area contributed by atoms with E-state index in [9.17, 15) is 21.9 Å². The van der Waals surface area contributed by atoms with Crippen LogP contribution in [0.3, 0.4) is 0 Å². The first-order valence-electron chi connectivity index (χ1n) is 5.83. The number of benzene rings is 2. The van der Waals surface area contributed by atoms with Crippen molar-refractivity contribution in [1.82, 2.24) is 0 Å². The summed E-state index contributed by atoms with van der Waals surface area (Å²) in [4.78, 5) is -0.863. The van der Waals surface area contributed by atoms with Crippen LogP contribution in [0.2, 0.25) is 5.02 Å². The van der Waals surface area contributed by atoms with Crippen LogP contribution >= 0.6 is 11.6 Å². The lowest BCUT2D eigenvalue weighted by Crippen LogP contribution is -2.14. The molecule has 0 heterocycles. The molecule has 0 saturated carbocycles. The lowest BCUT2D eigenvalue weighted by molar-refractivity contribution is 0.462. The van der Waals surface area contributed by atoms with Gasteiger partial charge in [0.2, 0.25) is 0 Å². The molecule has 0 aliphatic rings. The van der Waals surface area contributed by atoms with Crippen LogP contribution in [0.4, 0.5) is 0 Å². The summed E-state index contributed by atoms with van der Waals surface area (Å²) >= 11 is 5.70. The Morgan fingerprint density at radius 2 is 1.59 bits per heavy atom. The van der Waals surface area contributed by atoms with E-state index in [-0.39, 0.29) is 21.4 Å². The second-order valence-electron chi connectivity index (χ2n) is 4.40. The van der Waals surface area contributed by atoms with Gasteiger partial charge in [0.05, 0.1) is 4.90 Å². The van der Waals surface area contributed by atoms with Crippen molar-refractivity contribution >= 4 is 31.6 Å². The highest BCUT2D eigenvalue weighted by Crippen LogP contribution is 2.29. The Labute approximate surface area is 133 Å². The van der Waals surface area contributed by atoms with Crippen LogP contribution in [0, 0.1) is 0 Å². The normalized spacial score (nSPS) is 12.1. The number of hydrogen-bond donors (Lipinski definition) is 1. The minimum Gasteiger partial charge on any atom is -0.508 e. The molecule has 1 N–H and O–H groups in total. The van der Waals surface area contributed by atoms with Crippen LogP contribution in [-0.4, -0.2) is 28.2 Å². The third-order valence-electron chi connectivity index (χ3n) is 2.58. The highest BCUT2D eigenvalue weighted by molar-refractivity contribution is 7.92. The van der Waals surface area contributed by atoms with E-state index in [1.54, 1.807) is 0 Å². The first-order valence-corrected chi connectivity index (χ1v) is 9.50. The maximum atomic E-state index is 12.3. The molecule has 9 heteroatoms. The van der Waals surface area contributed by atoms with Crippen LogP contribution < -0.4 is 4.18 Å². The summed E-state index contributed by atoms with van der Waals surface area (Å²) in [6.45, 7) is 0. The Balaban J connectivity index is 2.53. The zero-order valence-corrected chi connectivity index (χ0v) is 13.6. The molecule has 0 saturated heterocycles. The predicted octanol–water partition coefficient (Wildman–Crippen LogP) is 2.22. The van der Waals surface area contributed by atoms with Gasteiger partial charge in [-0.05, 0) is 18.2 Å². The van der Waals surface area contributed by atoms with E-state index < -0.39 is 24.9 Å². The average molecular weight is 363 g/mol. The molecule has 0 aromatic heterocycles. The Kier molecular flexibility index (Phi) is 4.37. The third kappa shape index (κ3) is 3.70. The Morgan fingerprint density at radius 3 is 2.14 bits per heavy atom. The van der Waals surface area contributed by atoms with Crippen LogP contribution in [0.25, 0.3) is 0 Å². The van der Waals surface area contributed by atoms with E-state index in [4.69, 9.17) is 15.8 Å². The van der Waals surface area contributed by atoms with Crippen molar-refractivity contribution < 1.29 is 26.1 Å². The van der Waals surface area contributed by atoms with E-state index in [1.807, 2.05) is 0 Å². The summed E-state index contributed by atoms with van der Waals surface area (Å²) in [6, 6.07) is 8.50. The molecule has 6 nitrogen and oxygen atoms in total. The van der Waals surface area contributed by atoms with Crippen molar-refractivity contribution in [1.29, 1.82) is 0 Å². The zero-order chi connectivity index (χ0) is 16.5. The van der Waals surface area contributed by atoms with Gasteiger partial charge in [-0.25, -0.2) is 8.42 Å². The van der Waals surface area contributed by atoms with Gasteiger partial charge in [0.1, 0.15) is 16.4 Å². The molecule has 22 heavy (non-hydrogen) atoms. The highest BCUT2D eigenvalue weighted by atomic mass is 35.5. The number of sulfone groups is 1. The summed E-state index contributed by atoms with van der Waals surface area (Å²) in [6.07, 6.45) is 0.895. The van der Waals surface area contributed by atoms with Gasteiger partial charge in [-0.2, -0.15) is 8.42 Å². The van der Waals surface area contributed by atoms with Crippen LogP contribution in [0.1, 0.15) is 0 Å². The van der Waals surface area contributed by atoms with Gasteiger partial charge < -0.3 is 9.29 Å². The largest absolute Gasteiger partial charge is 0.508 e. The SMILES string of the molecule is CS(=O)(=O)c1ccccc1S(=O)(=O)Oc1cc(O)cc(Cl)c1. The van der Waals surface area contributed by atoms with Gasteiger partial charge in [0.25, 0.3) is 0 Å². The molecule has 0 bridgehead atoms. The number of aromatic hydroxyl groups is 1. The van der Waals surface area contributed by atoms with Crippen molar-refractivity contribution in [2.24, 2.45) is 0 Å². The van der Waals surface area contributed by atoms with Crippen LogP contribution in [0.15, 0.2) is 52.3 Å². The average Bonchev–Trinajstić information content (AvgIpc) is 2.36. The minimum atomic E-state index is -4.41. The molecule has 0 fully saturated rings. The quantitative estimate of drug-likeness (QED) is 0.837. The molecule has 0 amide bonds. The summed E-state index contributed by atoms with van der Waals surface area (Å²) in [7, 11) is -8.17. The molecule has 0 aliphatic carbocycles. The smallest absolute Gasteiger partial charge is 0.340 e. The number of halogens is 1. The first-order chi connectivity index (χ1) is 10.1. The molecule has 0 radical (unpaired) electrons. The molecule has 0 aliphatic heterocycles. The van der Waals surface area contributed by atoms with Crippen molar-refractivity contribution in [3.63, 3.8) is 0 Å². The van der Waals surface area contributed by atoms with Crippen molar-refractivity contribution in [2.45, 2.75) is 9.79 Å². The molecule has 118 valence electrons. The van der Waals surface area contributed by atoms with Crippen LogP contribution in [-0.2, 0) is 20.0 Å². The van der Waals surface area contributed by atoms with Crippen LogP contribution in [0.5, 0.6) is 11.5 Å². The van der Waals surface area contributed by atoms with E-state index in [0.717, 1.165) is 18.4 Å². The lowest BCUT2D eigenvalue weighted by atomic mass is 10.3. The van der Waals surface area contributed by atoms with Gasteiger partial charge in [-0.15, -0.1) is 0 Å². The molecular weight excluding hydrogens is 352 g/mol. The number of phenols is 1. The van der Waals surface area contributed by atoms with E-state index >= 15 is 0 Å². The zero-order valence-electron chi connectivity index (χ0n) is 11.2. The molecule has 2 aromatic carbocycles. The molecule has 0 unspecified atom stereocenters. The number of hydrogen-bond acceptors (Lipinski definition) is 6. The van der Waals surface area contributed by atoms with Gasteiger partial charge in [0, 0.05) is 23.4 Å². The summed E-state index contributed by atoms with van der Waals surface area (Å²) in [5.41, 5.74) is 0.